The molecule has 104 valence electrons. The van der Waals surface area contributed by atoms with Crippen LogP contribution in [-0.2, 0) is 4.74 Å². The van der Waals surface area contributed by atoms with Crippen LogP contribution in [0.15, 0.2) is 30.3 Å². The number of carbonyl (C=O) groups excluding carboxylic acids is 1. The number of carbonyl (C=O) groups is 1. The summed E-state index contributed by atoms with van der Waals surface area (Å²) in [6, 6.07) is 9.50. The number of ether oxygens (including phenoxy) is 2. The van der Waals surface area contributed by atoms with Crippen molar-refractivity contribution >= 4 is 17.2 Å². The van der Waals surface area contributed by atoms with Crippen molar-refractivity contribution in [3.05, 3.63) is 35.9 Å². The van der Waals surface area contributed by atoms with Gasteiger partial charge in [-0.15, -0.1) is 0 Å². The van der Waals surface area contributed by atoms with Gasteiger partial charge in [-0.2, -0.15) is 0 Å². The van der Waals surface area contributed by atoms with Crippen LogP contribution in [0.4, 0.5) is 0 Å². The highest BCUT2D eigenvalue weighted by Gasteiger charge is 2.16. The highest BCUT2D eigenvalue weighted by Crippen LogP contribution is 2.22. The molecule has 1 aliphatic rings. The Kier molecular flexibility index (Phi) is 3.92. The smallest absolute Gasteiger partial charge is 0.224 e. The number of aldehydes is 1. The molecule has 1 fully saturated rings. The Bertz CT molecular complexity index is 606. The third kappa shape index (κ3) is 2.80. The second-order valence-electron chi connectivity index (χ2n) is 4.99. The Balaban J connectivity index is 1.80. The molecule has 2 heterocycles. The first kappa shape index (κ1) is 13.1. The third-order valence-electron chi connectivity index (χ3n) is 3.52. The summed E-state index contributed by atoms with van der Waals surface area (Å²) in [6.07, 6.45) is 4.18. The van der Waals surface area contributed by atoms with Gasteiger partial charge in [0.05, 0.1) is 17.2 Å². The topological polar surface area (TPSA) is 48.4 Å². The van der Waals surface area contributed by atoms with Gasteiger partial charge in [0.2, 0.25) is 5.88 Å². The van der Waals surface area contributed by atoms with Gasteiger partial charge >= 0.3 is 0 Å². The van der Waals surface area contributed by atoms with Gasteiger partial charge < -0.3 is 9.47 Å². The standard InChI is InChI=1S/C16H17NO3/c18-10-13-9-12-5-1-2-7-15(12)17-16(13)20-11-14-6-3-4-8-19-14/h1-2,5,7,9-10,14H,3-4,6,8,11H2. The lowest BCUT2D eigenvalue weighted by Crippen LogP contribution is -2.26. The Morgan fingerprint density at radius 2 is 2.25 bits per heavy atom. The van der Waals surface area contributed by atoms with Gasteiger partial charge in [0, 0.05) is 12.0 Å². The zero-order valence-electron chi connectivity index (χ0n) is 11.2. The van der Waals surface area contributed by atoms with Gasteiger partial charge in [-0.25, -0.2) is 4.98 Å². The summed E-state index contributed by atoms with van der Waals surface area (Å²) >= 11 is 0. The Morgan fingerprint density at radius 3 is 3.05 bits per heavy atom. The minimum absolute atomic E-state index is 0.108. The van der Waals surface area contributed by atoms with Crippen molar-refractivity contribution in [1.29, 1.82) is 0 Å². The number of pyridine rings is 1. The largest absolute Gasteiger partial charge is 0.474 e. The number of rotatable bonds is 4. The van der Waals surface area contributed by atoms with Crippen molar-refractivity contribution in [3.63, 3.8) is 0 Å². The average Bonchev–Trinajstić information content (AvgIpc) is 2.53. The minimum atomic E-state index is 0.108. The second-order valence-corrected chi connectivity index (χ2v) is 4.99. The second kappa shape index (κ2) is 6.01. The summed E-state index contributed by atoms with van der Waals surface area (Å²) in [5.41, 5.74) is 1.32. The fourth-order valence-corrected chi connectivity index (χ4v) is 2.43. The van der Waals surface area contributed by atoms with E-state index >= 15 is 0 Å². The van der Waals surface area contributed by atoms with Crippen molar-refractivity contribution in [2.24, 2.45) is 0 Å². The van der Waals surface area contributed by atoms with E-state index in [1.54, 1.807) is 0 Å². The molecule has 3 rings (SSSR count). The van der Waals surface area contributed by atoms with Crippen molar-refractivity contribution in [3.8, 4) is 5.88 Å². The summed E-state index contributed by atoms with van der Waals surface area (Å²) in [5.74, 6) is 0.396. The summed E-state index contributed by atoms with van der Waals surface area (Å²) in [7, 11) is 0. The van der Waals surface area contributed by atoms with Crippen LogP contribution >= 0.6 is 0 Å². The van der Waals surface area contributed by atoms with E-state index in [9.17, 15) is 4.79 Å². The van der Waals surface area contributed by atoms with E-state index in [2.05, 4.69) is 4.98 Å². The van der Waals surface area contributed by atoms with Crippen LogP contribution in [0.5, 0.6) is 5.88 Å². The zero-order chi connectivity index (χ0) is 13.8. The number of fused-ring (bicyclic) bond motifs is 1. The number of hydrogen-bond acceptors (Lipinski definition) is 4. The molecule has 1 saturated heterocycles. The molecule has 0 bridgehead atoms. The van der Waals surface area contributed by atoms with Crippen LogP contribution in [0.3, 0.4) is 0 Å². The zero-order valence-corrected chi connectivity index (χ0v) is 11.2. The molecule has 1 unspecified atom stereocenters. The normalized spacial score (nSPS) is 18.9. The Morgan fingerprint density at radius 1 is 1.35 bits per heavy atom. The molecule has 1 atom stereocenters. The van der Waals surface area contributed by atoms with Crippen molar-refractivity contribution in [1.82, 2.24) is 4.98 Å². The quantitative estimate of drug-likeness (QED) is 0.802. The Labute approximate surface area is 117 Å². The lowest BCUT2D eigenvalue weighted by Gasteiger charge is -2.22. The maximum Gasteiger partial charge on any atom is 0.224 e. The molecule has 0 saturated carbocycles. The van der Waals surface area contributed by atoms with Crippen molar-refractivity contribution in [2.45, 2.75) is 25.4 Å². The summed E-state index contributed by atoms with van der Waals surface area (Å²) in [5, 5.41) is 0.941. The van der Waals surface area contributed by atoms with E-state index in [0.717, 1.165) is 36.6 Å². The fourth-order valence-electron chi connectivity index (χ4n) is 2.43. The van der Waals surface area contributed by atoms with Gasteiger partial charge in [0.15, 0.2) is 6.29 Å². The number of hydrogen-bond donors (Lipinski definition) is 0. The SMILES string of the molecule is O=Cc1cc2ccccc2nc1OCC1CCCCO1. The number of para-hydroxylation sites is 1. The predicted octanol–water partition coefficient (Wildman–Crippen LogP) is 3.00. The van der Waals surface area contributed by atoms with Gasteiger partial charge in [-0.05, 0) is 31.4 Å². The first-order chi connectivity index (χ1) is 9.86. The van der Waals surface area contributed by atoms with Gasteiger partial charge in [0.1, 0.15) is 6.61 Å². The summed E-state index contributed by atoms with van der Waals surface area (Å²) in [4.78, 5) is 15.6. The van der Waals surface area contributed by atoms with E-state index < -0.39 is 0 Å². The molecule has 4 nitrogen and oxygen atoms in total. The summed E-state index contributed by atoms with van der Waals surface area (Å²) < 4.78 is 11.3. The van der Waals surface area contributed by atoms with Gasteiger partial charge in [0.25, 0.3) is 0 Å². The van der Waals surface area contributed by atoms with Crippen LogP contribution in [0.1, 0.15) is 29.6 Å². The van der Waals surface area contributed by atoms with Crippen molar-refractivity contribution in [2.75, 3.05) is 13.2 Å². The molecule has 0 spiro atoms. The van der Waals surface area contributed by atoms with E-state index in [4.69, 9.17) is 9.47 Å². The number of aromatic nitrogens is 1. The first-order valence-electron chi connectivity index (χ1n) is 6.96. The third-order valence-corrected chi connectivity index (χ3v) is 3.52. The van der Waals surface area contributed by atoms with Crippen molar-refractivity contribution < 1.29 is 14.3 Å². The van der Waals surface area contributed by atoms with Crippen LogP contribution in [0.25, 0.3) is 10.9 Å². The summed E-state index contributed by atoms with van der Waals surface area (Å²) in [6.45, 7) is 1.24. The highest BCUT2D eigenvalue weighted by molar-refractivity contribution is 5.88. The molecule has 1 aromatic heterocycles. The van der Waals surface area contributed by atoms with E-state index in [0.29, 0.717) is 18.1 Å². The predicted molar refractivity (Wildman–Crippen MR) is 76.2 cm³/mol. The van der Waals surface area contributed by atoms with Crippen LogP contribution in [-0.4, -0.2) is 30.6 Å². The van der Waals surface area contributed by atoms with E-state index in [1.165, 1.54) is 6.42 Å². The van der Waals surface area contributed by atoms with Crippen LogP contribution in [0, 0.1) is 0 Å². The Hall–Kier alpha value is -1.94. The molecule has 0 amide bonds. The van der Waals surface area contributed by atoms with E-state index in [1.807, 2.05) is 30.3 Å². The first-order valence-corrected chi connectivity index (χ1v) is 6.96. The molecule has 0 N–H and O–H groups in total. The highest BCUT2D eigenvalue weighted by atomic mass is 16.5. The molecule has 20 heavy (non-hydrogen) atoms. The van der Waals surface area contributed by atoms with Crippen LogP contribution < -0.4 is 4.74 Å². The molecule has 0 aliphatic carbocycles. The molecular weight excluding hydrogens is 254 g/mol. The molecule has 1 aliphatic heterocycles. The molecule has 0 radical (unpaired) electrons. The van der Waals surface area contributed by atoms with Crippen LogP contribution in [0.2, 0.25) is 0 Å². The molecule has 4 heteroatoms. The lowest BCUT2D eigenvalue weighted by molar-refractivity contribution is -0.0119. The minimum Gasteiger partial charge on any atom is -0.474 e. The molecular formula is C16H17NO3. The monoisotopic (exact) mass is 271 g/mol. The molecule has 1 aromatic carbocycles. The average molecular weight is 271 g/mol. The maximum absolute atomic E-state index is 11.2. The van der Waals surface area contributed by atoms with Gasteiger partial charge in [-0.1, -0.05) is 18.2 Å². The lowest BCUT2D eigenvalue weighted by atomic mass is 10.1. The number of nitrogens with zero attached hydrogens (tertiary/aromatic N) is 1. The van der Waals surface area contributed by atoms with E-state index in [-0.39, 0.29) is 6.10 Å². The fraction of sp³-hybridized carbons (Fsp3) is 0.375. The maximum atomic E-state index is 11.2. The van der Waals surface area contributed by atoms with Gasteiger partial charge in [-0.3, -0.25) is 4.79 Å². The molecule has 2 aromatic rings. The number of benzene rings is 1.